The van der Waals surface area contributed by atoms with Crippen molar-refractivity contribution in [2.75, 3.05) is 4.43 Å². The van der Waals surface area contributed by atoms with Gasteiger partial charge in [0.15, 0.2) is 6.23 Å². The van der Waals surface area contributed by atoms with Gasteiger partial charge in [-0.2, -0.15) is 0 Å². The highest BCUT2D eigenvalue weighted by Gasteiger charge is 2.61. The molecule has 0 aromatic rings. The number of aliphatic hydroxyl groups is 2. The Labute approximate surface area is 111 Å². The number of halogens is 2. The van der Waals surface area contributed by atoms with Gasteiger partial charge in [-0.1, -0.05) is 22.6 Å². The monoisotopic (exact) mass is 360 g/mol. The lowest BCUT2D eigenvalue weighted by Crippen LogP contribution is -2.51. The number of nitrogens with two attached hydrogens (primary N) is 1. The van der Waals surface area contributed by atoms with Gasteiger partial charge in [0.1, 0.15) is 11.7 Å². The van der Waals surface area contributed by atoms with Gasteiger partial charge in [-0.3, -0.25) is 4.79 Å². The molecule has 1 fully saturated rings. The standard InChI is InChI=1S/C9H14FIN2O4/c1-8(16)6(15)9(10,4-11)17-7(8)13-3-2-5(12)14/h2-3,6-7,13,15-16H,4H2,1H3,(H2,12,14)/b3-2-/t6-,7+,8+,9+/m0/s1. The second-order valence-corrected chi connectivity index (χ2v) is 4.71. The summed E-state index contributed by atoms with van der Waals surface area (Å²) < 4.78 is 18.8. The van der Waals surface area contributed by atoms with Gasteiger partial charge in [0.2, 0.25) is 11.8 Å². The third-order valence-electron chi connectivity index (χ3n) is 2.48. The molecular weight excluding hydrogens is 346 g/mol. The van der Waals surface area contributed by atoms with Gasteiger partial charge in [0.25, 0.3) is 0 Å². The Morgan fingerprint density at radius 3 is 2.76 bits per heavy atom. The summed E-state index contributed by atoms with van der Waals surface area (Å²) in [5.41, 5.74) is 3.04. The van der Waals surface area contributed by atoms with Crippen LogP contribution in [-0.2, 0) is 9.53 Å². The minimum Gasteiger partial charge on any atom is -0.384 e. The number of nitrogens with one attached hydrogen (secondary N) is 1. The molecule has 1 rings (SSSR count). The topological polar surface area (TPSA) is 105 Å². The molecule has 0 aromatic heterocycles. The van der Waals surface area contributed by atoms with Crippen LogP contribution in [0.25, 0.3) is 0 Å². The molecule has 1 heterocycles. The molecule has 0 spiro atoms. The Bertz CT molecular complexity index is 339. The van der Waals surface area contributed by atoms with E-state index in [1.54, 1.807) is 22.6 Å². The first kappa shape index (κ1) is 14.6. The fourth-order valence-electron chi connectivity index (χ4n) is 1.48. The van der Waals surface area contributed by atoms with Crippen LogP contribution in [-0.4, -0.2) is 44.3 Å². The quantitative estimate of drug-likeness (QED) is 0.297. The third kappa shape index (κ3) is 2.87. The van der Waals surface area contributed by atoms with E-state index in [2.05, 4.69) is 5.32 Å². The van der Waals surface area contributed by atoms with Crippen molar-refractivity contribution in [2.45, 2.75) is 30.7 Å². The molecule has 4 atom stereocenters. The Kier molecular flexibility index (Phi) is 4.33. The van der Waals surface area contributed by atoms with E-state index in [0.717, 1.165) is 12.3 Å². The maximum Gasteiger partial charge on any atom is 0.249 e. The first-order valence-corrected chi connectivity index (χ1v) is 6.32. The molecule has 1 saturated heterocycles. The number of primary amides is 1. The fourth-order valence-corrected chi connectivity index (χ4v) is 2.08. The number of hydrogen-bond acceptors (Lipinski definition) is 5. The molecule has 0 radical (unpaired) electrons. The summed E-state index contributed by atoms with van der Waals surface area (Å²) in [6.45, 7) is 1.24. The summed E-state index contributed by atoms with van der Waals surface area (Å²) in [5, 5.41) is 22.0. The molecule has 0 unspecified atom stereocenters. The van der Waals surface area contributed by atoms with Crippen LogP contribution in [0.3, 0.4) is 0 Å². The maximum atomic E-state index is 14.0. The second kappa shape index (κ2) is 5.04. The number of carbonyl (C=O) groups is 1. The number of hydrogen-bond donors (Lipinski definition) is 4. The number of carbonyl (C=O) groups excluding carboxylic acids is 1. The number of alkyl halides is 2. The first-order chi connectivity index (χ1) is 7.74. The maximum absolute atomic E-state index is 14.0. The lowest BCUT2D eigenvalue weighted by Gasteiger charge is -2.26. The van der Waals surface area contributed by atoms with E-state index in [-0.39, 0.29) is 4.43 Å². The fraction of sp³-hybridized carbons (Fsp3) is 0.667. The van der Waals surface area contributed by atoms with Crippen molar-refractivity contribution >= 4 is 28.5 Å². The Morgan fingerprint density at radius 1 is 1.76 bits per heavy atom. The van der Waals surface area contributed by atoms with E-state index in [0.29, 0.717) is 0 Å². The molecule has 0 aliphatic carbocycles. The average Bonchev–Trinajstić information content (AvgIpc) is 2.41. The largest absolute Gasteiger partial charge is 0.384 e. The number of rotatable bonds is 4. The zero-order valence-corrected chi connectivity index (χ0v) is 11.2. The summed E-state index contributed by atoms with van der Waals surface area (Å²) in [7, 11) is 0. The summed E-state index contributed by atoms with van der Waals surface area (Å²) in [5.74, 6) is -3.03. The van der Waals surface area contributed by atoms with Gasteiger partial charge >= 0.3 is 0 Å². The summed E-state index contributed by atoms with van der Waals surface area (Å²) in [4.78, 5) is 10.4. The molecule has 0 saturated carbocycles. The van der Waals surface area contributed by atoms with Crippen LogP contribution >= 0.6 is 22.6 Å². The number of amides is 1. The van der Waals surface area contributed by atoms with Gasteiger partial charge < -0.3 is 26.0 Å². The minimum atomic E-state index is -2.33. The SMILES string of the molecule is C[C@]1(O)[C@H](N/C=C\C(N)=O)O[C@](F)(CI)[C@H]1O. The van der Waals surface area contributed by atoms with Crippen molar-refractivity contribution in [3.63, 3.8) is 0 Å². The Morgan fingerprint density at radius 2 is 2.35 bits per heavy atom. The van der Waals surface area contributed by atoms with Gasteiger partial charge in [-0.25, -0.2) is 4.39 Å². The highest BCUT2D eigenvalue weighted by atomic mass is 127. The third-order valence-corrected chi connectivity index (χ3v) is 3.52. The van der Waals surface area contributed by atoms with Crippen LogP contribution in [0, 0.1) is 0 Å². The van der Waals surface area contributed by atoms with Crippen LogP contribution in [0.15, 0.2) is 12.3 Å². The molecule has 6 nitrogen and oxygen atoms in total. The number of ether oxygens (including phenoxy) is 1. The predicted octanol–water partition coefficient (Wildman–Crippen LogP) is -0.856. The molecule has 1 amide bonds. The van der Waals surface area contributed by atoms with E-state index in [9.17, 15) is 19.4 Å². The second-order valence-electron chi connectivity index (χ2n) is 3.95. The van der Waals surface area contributed by atoms with Crippen molar-refractivity contribution in [3.8, 4) is 0 Å². The van der Waals surface area contributed by atoms with Gasteiger partial charge in [0, 0.05) is 12.3 Å². The van der Waals surface area contributed by atoms with Crippen molar-refractivity contribution in [1.82, 2.24) is 5.32 Å². The van der Waals surface area contributed by atoms with Crippen LogP contribution < -0.4 is 11.1 Å². The van der Waals surface area contributed by atoms with Crippen LogP contribution in [0.4, 0.5) is 4.39 Å². The van der Waals surface area contributed by atoms with E-state index in [4.69, 9.17) is 10.5 Å². The zero-order chi connectivity index (χ0) is 13.3. The smallest absolute Gasteiger partial charge is 0.249 e. The first-order valence-electron chi connectivity index (χ1n) is 4.79. The van der Waals surface area contributed by atoms with E-state index in [1.807, 2.05) is 0 Å². The molecular formula is C9H14FIN2O4. The molecule has 17 heavy (non-hydrogen) atoms. The molecule has 0 aromatic carbocycles. The highest BCUT2D eigenvalue weighted by molar-refractivity contribution is 14.1. The molecule has 1 aliphatic rings. The van der Waals surface area contributed by atoms with Gasteiger partial charge in [0.05, 0.1) is 4.43 Å². The summed E-state index contributed by atoms with van der Waals surface area (Å²) in [6, 6.07) is 0. The lowest BCUT2D eigenvalue weighted by atomic mass is 9.96. The highest BCUT2D eigenvalue weighted by Crippen LogP contribution is 2.39. The van der Waals surface area contributed by atoms with E-state index < -0.39 is 29.7 Å². The molecule has 8 heteroatoms. The Balaban J connectivity index is 2.78. The lowest BCUT2D eigenvalue weighted by molar-refractivity contribution is -0.157. The molecule has 0 bridgehead atoms. The van der Waals surface area contributed by atoms with Gasteiger partial charge in [-0.05, 0) is 6.92 Å². The van der Waals surface area contributed by atoms with Gasteiger partial charge in [-0.15, -0.1) is 0 Å². The number of aliphatic hydroxyl groups excluding tert-OH is 1. The molecule has 98 valence electrons. The van der Waals surface area contributed by atoms with Crippen LogP contribution in [0.2, 0.25) is 0 Å². The van der Waals surface area contributed by atoms with E-state index in [1.165, 1.54) is 6.92 Å². The van der Waals surface area contributed by atoms with Crippen LogP contribution in [0.5, 0.6) is 0 Å². The predicted molar refractivity (Wildman–Crippen MR) is 65.7 cm³/mol. The summed E-state index contributed by atoms with van der Waals surface area (Å²) in [6.07, 6.45) is -0.736. The van der Waals surface area contributed by atoms with Crippen LogP contribution in [0.1, 0.15) is 6.92 Å². The van der Waals surface area contributed by atoms with E-state index >= 15 is 0 Å². The molecule has 5 N–H and O–H groups in total. The zero-order valence-electron chi connectivity index (χ0n) is 9.06. The summed E-state index contributed by atoms with van der Waals surface area (Å²) >= 11 is 1.71. The molecule has 1 aliphatic heterocycles. The van der Waals surface area contributed by atoms with Crippen molar-refractivity contribution < 1.29 is 24.1 Å². The normalized spacial score (nSPS) is 41.9. The van der Waals surface area contributed by atoms with Crippen molar-refractivity contribution in [3.05, 3.63) is 12.3 Å². The van der Waals surface area contributed by atoms with Crippen molar-refractivity contribution in [2.24, 2.45) is 5.73 Å². The van der Waals surface area contributed by atoms with Crippen molar-refractivity contribution in [1.29, 1.82) is 0 Å². The Hall–Kier alpha value is -0.450. The minimum absolute atomic E-state index is 0.139. The average molecular weight is 360 g/mol.